The summed E-state index contributed by atoms with van der Waals surface area (Å²) >= 11 is 0. The van der Waals surface area contributed by atoms with Gasteiger partial charge < -0.3 is 19.7 Å². The molecule has 2 atom stereocenters. The number of hydrogen-bond donors (Lipinski definition) is 1. The van der Waals surface area contributed by atoms with Crippen molar-refractivity contribution < 1.29 is 27.0 Å². The molecule has 1 heterocycles. The fraction of sp³-hybridized carbons (Fsp3) is 0.500. The molecule has 2 aromatic carbocycles. The maximum absolute atomic E-state index is 14.8. The predicted molar refractivity (Wildman–Crippen MR) is 139 cm³/mol. The summed E-state index contributed by atoms with van der Waals surface area (Å²) < 4.78 is 66.8. The minimum absolute atomic E-state index is 0.0316. The number of alkyl halides is 3. The Labute approximate surface area is 220 Å². The van der Waals surface area contributed by atoms with E-state index >= 15 is 0 Å². The zero-order valence-electron chi connectivity index (χ0n) is 22.5. The number of fused-ring (bicyclic) bond motifs is 1. The first-order valence-corrected chi connectivity index (χ1v) is 12.6. The second-order valence-corrected chi connectivity index (χ2v) is 10.4. The van der Waals surface area contributed by atoms with Crippen LogP contribution in [0.25, 0.3) is 10.9 Å². The lowest BCUT2D eigenvalue weighted by atomic mass is 9.65. The summed E-state index contributed by atoms with van der Waals surface area (Å²) in [6.07, 6.45) is -1.59. The number of aromatic nitrogens is 2. The van der Waals surface area contributed by atoms with Crippen LogP contribution in [0.2, 0.25) is 0 Å². The van der Waals surface area contributed by atoms with Crippen LogP contribution in [0.3, 0.4) is 0 Å². The molecule has 0 amide bonds. The summed E-state index contributed by atoms with van der Waals surface area (Å²) in [5.41, 5.74) is -0.813. The Kier molecular flexibility index (Phi) is 7.74. The molecular formula is C28H34F4N4O2. The largest absolute Gasteiger partial charge is 0.493 e. The van der Waals surface area contributed by atoms with Gasteiger partial charge in [0.2, 0.25) is 0 Å². The van der Waals surface area contributed by atoms with E-state index in [1.165, 1.54) is 12.1 Å². The van der Waals surface area contributed by atoms with E-state index in [2.05, 4.69) is 41.2 Å². The Hall–Kier alpha value is -3.14. The van der Waals surface area contributed by atoms with E-state index < -0.39 is 23.6 Å². The van der Waals surface area contributed by atoms with E-state index in [0.29, 0.717) is 34.0 Å². The lowest BCUT2D eigenvalue weighted by molar-refractivity contribution is -0.140. The zero-order chi connectivity index (χ0) is 27.8. The highest BCUT2D eigenvalue weighted by Crippen LogP contribution is 2.47. The van der Waals surface area contributed by atoms with Crippen molar-refractivity contribution in [2.24, 2.45) is 5.41 Å². The number of methoxy groups -OCH3 is 1. The highest BCUT2D eigenvalue weighted by atomic mass is 19.4. The van der Waals surface area contributed by atoms with Gasteiger partial charge in [-0.3, -0.25) is 0 Å². The molecule has 3 aromatic rings. The van der Waals surface area contributed by atoms with Crippen molar-refractivity contribution in [3.8, 4) is 11.5 Å². The normalized spacial score (nSPS) is 16.7. The quantitative estimate of drug-likeness (QED) is 0.306. The average Bonchev–Trinajstić information content (AvgIpc) is 2.80. The van der Waals surface area contributed by atoms with Crippen LogP contribution in [0.1, 0.15) is 56.1 Å². The van der Waals surface area contributed by atoms with Crippen molar-refractivity contribution in [3.05, 3.63) is 53.1 Å². The molecule has 0 aliphatic heterocycles. The molecule has 4 rings (SSSR count). The Morgan fingerprint density at radius 1 is 1.11 bits per heavy atom. The van der Waals surface area contributed by atoms with Gasteiger partial charge in [0.25, 0.3) is 0 Å². The van der Waals surface area contributed by atoms with Gasteiger partial charge in [-0.1, -0.05) is 18.6 Å². The van der Waals surface area contributed by atoms with E-state index in [1.807, 2.05) is 0 Å². The van der Waals surface area contributed by atoms with E-state index in [1.54, 1.807) is 33.1 Å². The minimum Gasteiger partial charge on any atom is -0.493 e. The Morgan fingerprint density at radius 3 is 2.39 bits per heavy atom. The van der Waals surface area contributed by atoms with E-state index in [9.17, 15) is 17.6 Å². The summed E-state index contributed by atoms with van der Waals surface area (Å²) in [5, 5.41) is 3.69. The molecule has 0 saturated heterocycles. The monoisotopic (exact) mass is 534 g/mol. The number of hydrogen-bond acceptors (Lipinski definition) is 6. The lowest BCUT2D eigenvalue weighted by Gasteiger charge is -2.47. The number of benzene rings is 2. The minimum atomic E-state index is -4.79. The van der Waals surface area contributed by atoms with Gasteiger partial charge in [0.15, 0.2) is 11.5 Å². The molecule has 1 fully saturated rings. The molecule has 206 valence electrons. The van der Waals surface area contributed by atoms with Crippen LogP contribution in [0.5, 0.6) is 11.5 Å². The van der Waals surface area contributed by atoms with Crippen molar-refractivity contribution in [2.45, 2.75) is 58.4 Å². The van der Waals surface area contributed by atoms with Gasteiger partial charge in [0.05, 0.1) is 24.2 Å². The van der Waals surface area contributed by atoms with Crippen molar-refractivity contribution in [1.29, 1.82) is 0 Å². The molecule has 10 heteroatoms. The van der Waals surface area contributed by atoms with E-state index in [4.69, 9.17) is 9.47 Å². The molecule has 38 heavy (non-hydrogen) atoms. The van der Waals surface area contributed by atoms with Crippen LogP contribution in [0, 0.1) is 18.2 Å². The van der Waals surface area contributed by atoms with Gasteiger partial charge in [0.1, 0.15) is 23.6 Å². The number of nitrogens with one attached hydrogen (secondary N) is 1. The number of anilines is 1. The van der Waals surface area contributed by atoms with Gasteiger partial charge in [-0.2, -0.15) is 13.2 Å². The van der Waals surface area contributed by atoms with Crippen molar-refractivity contribution in [3.63, 3.8) is 0 Å². The molecule has 1 N–H and O–H groups in total. The van der Waals surface area contributed by atoms with Crippen LogP contribution >= 0.6 is 0 Å². The predicted octanol–water partition coefficient (Wildman–Crippen LogP) is 6.78. The first-order chi connectivity index (χ1) is 17.8. The smallest absolute Gasteiger partial charge is 0.419 e. The molecule has 1 aliphatic rings. The zero-order valence-corrected chi connectivity index (χ0v) is 22.5. The third-order valence-electron chi connectivity index (χ3n) is 7.39. The number of aryl methyl sites for hydroxylation is 1. The highest BCUT2D eigenvalue weighted by molar-refractivity contribution is 5.92. The topological polar surface area (TPSA) is 59.5 Å². The molecule has 1 aliphatic carbocycles. The van der Waals surface area contributed by atoms with Crippen LogP contribution in [0.4, 0.5) is 23.4 Å². The van der Waals surface area contributed by atoms with Crippen LogP contribution in [-0.4, -0.2) is 48.7 Å². The van der Waals surface area contributed by atoms with Crippen LogP contribution < -0.4 is 14.8 Å². The van der Waals surface area contributed by atoms with Gasteiger partial charge in [-0.15, -0.1) is 0 Å². The third kappa shape index (κ3) is 5.50. The number of nitrogens with zero attached hydrogens (tertiary/aromatic N) is 3. The second kappa shape index (κ2) is 10.6. The SMILES string of the molecule is COc1cc2nc(C)nc(N[C@H](C)c3cccc(C(F)(F)F)c3F)c2cc1O[C@H](C)C1(CN(C)C)CCC1. The number of ether oxygens (including phenoxy) is 2. The van der Waals surface area contributed by atoms with Crippen molar-refractivity contribution in [1.82, 2.24) is 14.9 Å². The summed E-state index contributed by atoms with van der Waals surface area (Å²) in [7, 11) is 5.66. The Bertz CT molecular complexity index is 1310. The number of halogens is 4. The average molecular weight is 535 g/mol. The molecule has 0 unspecified atom stereocenters. The van der Waals surface area contributed by atoms with Gasteiger partial charge in [0, 0.05) is 29.0 Å². The molecule has 0 spiro atoms. The third-order valence-corrected chi connectivity index (χ3v) is 7.39. The van der Waals surface area contributed by atoms with Crippen LogP contribution in [0.15, 0.2) is 30.3 Å². The number of rotatable bonds is 9. The molecule has 6 nitrogen and oxygen atoms in total. The summed E-state index contributed by atoms with van der Waals surface area (Å²) in [6.45, 7) is 6.27. The summed E-state index contributed by atoms with van der Waals surface area (Å²) in [5.74, 6) is 0.542. The molecule has 1 saturated carbocycles. The first-order valence-electron chi connectivity index (χ1n) is 12.6. The lowest BCUT2D eigenvalue weighted by Crippen LogP contribution is -2.49. The Balaban J connectivity index is 1.71. The van der Waals surface area contributed by atoms with Gasteiger partial charge in [-0.25, -0.2) is 14.4 Å². The molecule has 0 radical (unpaired) electrons. The fourth-order valence-electron chi connectivity index (χ4n) is 5.27. The van der Waals surface area contributed by atoms with Gasteiger partial charge >= 0.3 is 6.18 Å². The molecule has 0 bridgehead atoms. The second-order valence-electron chi connectivity index (χ2n) is 10.4. The van der Waals surface area contributed by atoms with Crippen LogP contribution in [-0.2, 0) is 6.18 Å². The maximum atomic E-state index is 14.8. The Morgan fingerprint density at radius 2 is 1.82 bits per heavy atom. The highest BCUT2D eigenvalue weighted by Gasteiger charge is 2.44. The summed E-state index contributed by atoms with van der Waals surface area (Å²) in [4.78, 5) is 11.2. The van der Waals surface area contributed by atoms with Gasteiger partial charge in [-0.05, 0) is 59.8 Å². The molecule has 1 aromatic heterocycles. The first kappa shape index (κ1) is 27.9. The summed E-state index contributed by atoms with van der Waals surface area (Å²) in [6, 6.07) is 6.00. The van der Waals surface area contributed by atoms with E-state index in [-0.39, 0.29) is 17.1 Å². The van der Waals surface area contributed by atoms with Crippen molar-refractivity contribution in [2.75, 3.05) is 33.1 Å². The molecular weight excluding hydrogens is 500 g/mol. The fourth-order valence-corrected chi connectivity index (χ4v) is 5.27. The van der Waals surface area contributed by atoms with E-state index in [0.717, 1.165) is 31.9 Å². The maximum Gasteiger partial charge on any atom is 0.419 e. The standard InChI is InChI=1S/C28H34F4N4O2/c1-16(19-9-7-10-21(25(19)29)28(30,31)32)33-26-20-13-24(23(37-6)14-22(20)34-18(3)35-26)38-17(2)27(11-8-12-27)15-36(4)5/h7,9-10,13-14,16-17H,8,11-12,15H2,1-6H3,(H,33,34,35)/t16-,17-/m1/s1. The van der Waals surface area contributed by atoms with Crippen molar-refractivity contribution >= 4 is 16.7 Å².